The molecular weight excluding hydrogens is 288 g/mol. The van der Waals surface area contributed by atoms with E-state index >= 15 is 0 Å². The van der Waals surface area contributed by atoms with Crippen LogP contribution in [0.15, 0.2) is 24.3 Å². The van der Waals surface area contributed by atoms with E-state index in [1.165, 1.54) is 17.5 Å². The van der Waals surface area contributed by atoms with Crippen LogP contribution in [0.4, 0.5) is 0 Å². The first kappa shape index (κ1) is 18.0. The molecule has 3 N–H and O–H groups in total. The average molecular weight is 313 g/mol. The average Bonchev–Trinajstić information content (AvgIpc) is 2.47. The van der Waals surface area contributed by atoms with Gasteiger partial charge in [0.05, 0.1) is 6.10 Å². The van der Waals surface area contributed by atoms with E-state index in [9.17, 15) is 4.79 Å². The number of hydrogen-bond donors (Lipinski definition) is 2. The lowest BCUT2D eigenvalue weighted by atomic mass is 9.89. The molecule has 0 aliphatic heterocycles. The minimum Gasteiger partial charge on any atom is -0.373 e. The Labute approximate surface area is 132 Å². The molecule has 0 fully saturated rings. The van der Waals surface area contributed by atoms with Crippen molar-refractivity contribution in [3.05, 3.63) is 35.4 Å². The zero-order valence-corrected chi connectivity index (χ0v) is 13.2. The zero-order valence-electron chi connectivity index (χ0n) is 12.3. The Balaban J connectivity index is 0.00000220. The normalized spacial score (nSPS) is 16.7. The molecule has 118 valence electrons. The van der Waals surface area contributed by atoms with Gasteiger partial charge in [0, 0.05) is 26.1 Å². The number of carbonyl (C=O) groups excluding carboxylic acids is 1. The molecule has 1 aromatic rings. The first-order valence-corrected chi connectivity index (χ1v) is 7.47. The van der Waals surface area contributed by atoms with Gasteiger partial charge in [0.15, 0.2) is 0 Å². The highest BCUT2D eigenvalue weighted by molar-refractivity contribution is 5.85. The zero-order chi connectivity index (χ0) is 14.2. The molecule has 0 bridgehead atoms. The number of hydrogen-bond acceptors (Lipinski definition) is 3. The highest BCUT2D eigenvalue weighted by atomic mass is 35.5. The van der Waals surface area contributed by atoms with Gasteiger partial charge in [-0.15, -0.1) is 12.4 Å². The third-order valence-electron chi connectivity index (χ3n) is 3.65. The molecule has 0 radical (unpaired) electrons. The Kier molecular flexibility index (Phi) is 8.35. The first-order chi connectivity index (χ1) is 9.81. The molecule has 4 nitrogen and oxygen atoms in total. The molecule has 5 heteroatoms. The molecule has 0 heterocycles. The summed E-state index contributed by atoms with van der Waals surface area (Å²) in [7, 11) is 0. The van der Waals surface area contributed by atoms with Crippen LogP contribution >= 0.6 is 12.4 Å². The van der Waals surface area contributed by atoms with E-state index in [4.69, 9.17) is 10.5 Å². The molecule has 1 atom stereocenters. The molecule has 0 saturated heterocycles. The van der Waals surface area contributed by atoms with E-state index in [-0.39, 0.29) is 24.4 Å². The lowest BCUT2D eigenvalue weighted by Gasteiger charge is -2.25. The third-order valence-corrected chi connectivity index (χ3v) is 3.65. The Morgan fingerprint density at radius 3 is 3.00 bits per heavy atom. The van der Waals surface area contributed by atoms with Crippen LogP contribution in [0.3, 0.4) is 0 Å². The molecule has 1 amide bonds. The number of carbonyl (C=O) groups is 1. The van der Waals surface area contributed by atoms with Crippen molar-refractivity contribution >= 4 is 18.3 Å². The fraction of sp³-hybridized carbons (Fsp3) is 0.562. The van der Waals surface area contributed by atoms with E-state index in [2.05, 4.69) is 29.6 Å². The van der Waals surface area contributed by atoms with Crippen LogP contribution in [-0.2, 0) is 16.0 Å². The second-order valence-electron chi connectivity index (χ2n) is 5.19. The summed E-state index contributed by atoms with van der Waals surface area (Å²) in [5.41, 5.74) is 8.07. The van der Waals surface area contributed by atoms with Crippen LogP contribution in [0.1, 0.15) is 42.9 Å². The Morgan fingerprint density at radius 1 is 1.38 bits per heavy atom. The minimum atomic E-state index is 0. The Hall–Kier alpha value is -1.10. The van der Waals surface area contributed by atoms with Gasteiger partial charge in [-0.3, -0.25) is 4.79 Å². The molecule has 0 saturated carbocycles. The van der Waals surface area contributed by atoms with E-state index in [0.29, 0.717) is 26.1 Å². The van der Waals surface area contributed by atoms with Crippen molar-refractivity contribution in [2.24, 2.45) is 5.73 Å². The number of benzene rings is 1. The molecule has 1 aromatic carbocycles. The van der Waals surface area contributed by atoms with Crippen LogP contribution in [-0.4, -0.2) is 25.6 Å². The van der Waals surface area contributed by atoms with Gasteiger partial charge in [0.25, 0.3) is 0 Å². The predicted octanol–water partition coefficient (Wildman–Crippen LogP) is 2.36. The third kappa shape index (κ3) is 5.65. The van der Waals surface area contributed by atoms with Crippen molar-refractivity contribution < 1.29 is 9.53 Å². The van der Waals surface area contributed by atoms with Gasteiger partial charge in [0.1, 0.15) is 0 Å². The number of halogens is 1. The summed E-state index contributed by atoms with van der Waals surface area (Å²) in [6, 6.07) is 8.53. The number of nitrogens with one attached hydrogen (secondary N) is 1. The first-order valence-electron chi connectivity index (χ1n) is 7.47. The SMILES string of the molecule is Cl.NCCC(=O)NCCCOC1CCCc2ccccc21. The Morgan fingerprint density at radius 2 is 2.19 bits per heavy atom. The standard InChI is InChI=1S/C16H24N2O2.ClH/c17-10-9-16(19)18-11-4-12-20-15-8-3-6-13-5-1-2-7-14(13)15;/h1-2,5,7,15H,3-4,6,8-12,17H2,(H,18,19);1H. The molecule has 1 unspecified atom stereocenters. The maximum atomic E-state index is 11.2. The van der Waals surface area contributed by atoms with E-state index < -0.39 is 0 Å². The summed E-state index contributed by atoms with van der Waals surface area (Å²) in [5, 5.41) is 2.84. The largest absolute Gasteiger partial charge is 0.373 e. The molecular formula is C16H25ClN2O2. The summed E-state index contributed by atoms with van der Waals surface area (Å²) in [6.07, 6.45) is 4.90. The van der Waals surface area contributed by atoms with Crippen molar-refractivity contribution in [3.63, 3.8) is 0 Å². The number of amides is 1. The lowest BCUT2D eigenvalue weighted by Crippen LogP contribution is -2.27. The van der Waals surface area contributed by atoms with Crippen LogP contribution in [0.2, 0.25) is 0 Å². The molecule has 0 aromatic heterocycles. The van der Waals surface area contributed by atoms with Crippen LogP contribution in [0.5, 0.6) is 0 Å². The Bertz CT molecular complexity index is 440. The highest BCUT2D eigenvalue weighted by Gasteiger charge is 2.19. The van der Waals surface area contributed by atoms with Gasteiger partial charge in [-0.2, -0.15) is 0 Å². The van der Waals surface area contributed by atoms with Gasteiger partial charge >= 0.3 is 0 Å². The number of ether oxygens (including phenoxy) is 1. The van der Waals surface area contributed by atoms with Crippen molar-refractivity contribution in [2.75, 3.05) is 19.7 Å². The van der Waals surface area contributed by atoms with Crippen LogP contribution in [0, 0.1) is 0 Å². The van der Waals surface area contributed by atoms with Gasteiger partial charge in [-0.1, -0.05) is 24.3 Å². The minimum absolute atomic E-state index is 0. The summed E-state index contributed by atoms with van der Waals surface area (Å²) in [6.45, 7) is 1.75. The monoisotopic (exact) mass is 312 g/mol. The van der Waals surface area contributed by atoms with Crippen molar-refractivity contribution in [1.82, 2.24) is 5.32 Å². The van der Waals surface area contributed by atoms with Gasteiger partial charge in [0.2, 0.25) is 5.91 Å². The second-order valence-corrected chi connectivity index (χ2v) is 5.19. The molecule has 1 aliphatic rings. The summed E-state index contributed by atoms with van der Waals surface area (Å²) < 4.78 is 5.98. The number of rotatable bonds is 7. The molecule has 21 heavy (non-hydrogen) atoms. The van der Waals surface area contributed by atoms with Crippen LogP contribution < -0.4 is 11.1 Å². The smallest absolute Gasteiger partial charge is 0.221 e. The summed E-state index contributed by atoms with van der Waals surface area (Å²) in [4.78, 5) is 11.2. The van der Waals surface area contributed by atoms with Crippen molar-refractivity contribution in [1.29, 1.82) is 0 Å². The van der Waals surface area contributed by atoms with Gasteiger partial charge in [-0.05, 0) is 36.8 Å². The summed E-state index contributed by atoms with van der Waals surface area (Å²) >= 11 is 0. The van der Waals surface area contributed by atoms with Gasteiger partial charge < -0.3 is 15.8 Å². The maximum absolute atomic E-state index is 11.2. The predicted molar refractivity (Wildman–Crippen MR) is 86.6 cm³/mol. The van der Waals surface area contributed by atoms with Gasteiger partial charge in [-0.25, -0.2) is 0 Å². The highest BCUT2D eigenvalue weighted by Crippen LogP contribution is 2.32. The number of nitrogens with two attached hydrogens (primary N) is 1. The molecule has 0 spiro atoms. The van der Waals surface area contributed by atoms with Crippen molar-refractivity contribution in [2.45, 2.75) is 38.2 Å². The number of aryl methyl sites for hydroxylation is 1. The van der Waals surface area contributed by atoms with E-state index in [1.54, 1.807) is 0 Å². The van der Waals surface area contributed by atoms with E-state index in [0.717, 1.165) is 19.3 Å². The van der Waals surface area contributed by atoms with E-state index in [1.807, 2.05) is 0 Å². The molecule has 2 rings (SSSR count). The maximum Gasteiger partial charge on any atom is 0.221 e. The van der Waals surface area contributed by atoms with Crippen molar-refractivity contribution in [3.8, 4) is 0 Å². The fourth-order valence-electron chi connectivity index (χ4n) is 2.63. The second kappa shape index (κ2) is 9.77. The number of fused-ring (bicyclic) bond motifs is 1. The summed E-state index contributed by atoms with van der Waals surface area (Å²) in [5.74, 6) is 0.0236. The van der Waals surface area contributed by atoms with Crippen LogP contribution in [0.25, 0.3) is 0 Å². The molecule has 1 aliphatic carbocycles. The lowest BCUT2D eigenvalue weighted by molar-refractivity contribution is -0.120. The fourth-order valence-corrected chi connectivity index (χ4v) is 2.63. The topological polar surface area (TPSA) is 64.4 Å². The quantitative estimate of drug-likeness (QED) is 0.760.